The SMILES string of the molecule is CN(CCc1nc2c(F)c3c(c(F)c2n1C)CC(C=O)C3)C(=O)OC(C)(C)C. The molecule has 0 fully saturated rings. The van der Waals surface area contributed by atoms with Crippen molar-refractivity contribution in [2.45, 2.75) is 45.6 Å². The second kappa shape index (κ2) is 7.14. The first-order valence-electron chi connectivity index (χ1n) is 9.27. The number of likely N-dealkylation sites (N-methyl/N-ethyl adjacent to an activating group) is 1. The molecule has 0 radical (unpaired) electrons. The van der Waals surface area contributed by atoms with Gasteiger partial charge in [-0.3, -0.25) is 0 Å². The van der Waals surface area contributed by atoms with Gasteiger partial charge >= 0.3 is 6.09 Å². The number of rotatable bonds is 4. The van der Waals surface area contributed by atoms with Crippen LogP contribution < -0.4 is 0 Å². The van der Waals surface area contributed by atoms with E-state index in [1.165, 1.54) is 9.47 Å². The number of benzene rings is 1. The monoisotopic (exact) mass is 393 g/mol. The molecule has 1 heterocycles. The zero-order valence-corrected chi connectivity index (χ0v) is 16.8. The molecular weight excluding hydrogens is 368 g/mol. The van der Waals surface area contributed by atoms with E-state index in [0.29, 0.717) is 18.8 Å². The molecule has 1 atom stereocenters. The molecule has 0 aliphatic heterocycles. The minimum Gasteiger partial charge on any atom is -0.444 e. The van der Waals surface area contributed by atoms with E-state index < -0.39 is 29.2 Å². The fourth-order valence-electron chi connectivity index (χ4n) is 3.54. The Labute approximate surface area is 162 Å². The number of imidazole rings is 1. The van der Waals surface area contributed by atoms with E-state index in [-0.39, 0.29) is 35.0 Å². The predicted molar refractivity (Wildman–Crippen MR) is 100 cm³/mol. The van der Waals surface area contributed by atoms with Crippen molar-refractivity contribution < 1.29 is 23.1 Å². The molecule has 1 aromatic carbocycles. The topological polar surface area (TPSA) is 64.4 Å². The zero-order valence-electron chi connectivity index (χ0n) is 16.8. The van der Waals surface area contributed by atoms with E-state index in [4.69, 9.17) is 4.74 Å². The van der Waals surface area contributed by atoms with E-state index in [9.17, 15) is 14.0 Å². The Kier molecular flexibility index (Phi) is 5.16. The first-order chi connectivity index (χ1) is 13.0. The molecule has 0 saturated heterocycles. The third-order valence-electron chi connectivity index (χ3n) is 5.00. The zero-order chi connectivity index (χ0) is 20.8. The van der Waals surface area contributed by atoms with Crippen molar-refractivity contribution in [2.24, 2.45) is 13.0 Å². The van der Waals surface area contributed by atoms with Gasteiger partial charge in [0.05, 0.1) is 0 Å². The highest BCUT2D eigenvalue weighted by atomic mass is 19.1. The lowest BCUT2D eigenvalue weighted by atomic mass is 10.1. The summed E-state index contributed by atoms with van der Waals surface area (Å²) in [5.74, 6) is -0.993. The van der Waals surface area contributed by atoms with Gasteiger partial charge in [0.15, 0.2) is 11.6 Å². The van der Waals surface area contributed by atoms with E-state index in [1.807, 2.05) is 0 Å². The summed E-state index contributed by atoms with van der Waals surface area (Å²) in [6.07, 6.45) is 1.00. The van der Waals surface area contributed by atoms with Crippen molar-refractivity contribution in [3.63, 3.8) is 0 Å². The van der Waals surface area contributed by atoms with Crippen LogP contribution in [0, 0.1) is 17.6 Å². The van der Waals surface area contributed by atoms with Crippen molar-refractivity contribution in [3.05, 3.63) is 28.6 Å². The summed E-state index contributed by atoms with van der Waals surface area (Å²) < 4.78 is 36.8. The van der Waals surface area contributed by atoms with Crippen molar-refractivity contribution in [3.8, 4) is 0 Å². The summed E-state index contributed by atoms with van der Waals surface area (Å²) >= 11 is 0. The Hall–Kier alpha value is -2.51. The van der Waals surface area contributed by atoms with Gasteiger partial charge in [0, 0.05) is 33.0 Å². The molecule has 152 valence electrons. The maximum absolute atomic E-state index is 15.0. The quantitative estimate of drug-likeness (QED) is 0.749. The van der Waals surface area contributed by atoms with E-state index in [2.05, 4.69) is 4.98 Å². The molecule has 3 rings (SSSR count). The van der Waals surface area contributed by atoms with Crippen LogP contribution in [0.15, 0.2) is 0 Å². The van der Waals surface area contributed by atoms with Gasteiger partial charge in [-0.15, -0.1) is 0 Å². The highest BCUT2D eigenvalue weighted by Gasteiger charge is 2.32. The van der Waals surface area contributed by atoms with Gasteiger partial charge in [-0.1, -0.05) is 0 Å². The molecular formula is C20H25F2N3O3. The third kappa shape index (κ3) is 3.59. The Morgan fingerprint density at radius 1 is 1.29 bits per heavy atom. The minimum atomic E-state index is -0.602. The van der Waals surface area contributed by atoms with Crippen LogP contribution in [0.1, 0.15) is 37.7 Å². The average molecular weight is 393 g/mol. The summed E-state index contributed by atoms with van der Waals surface area (Å²) in [6.45, 7) is 5.64. The molecule has 1 aliphatic carbocycles. The molecule has 0 bridgehead atoms. The van der Waals surface area contributed by atoms with E-state index in [1.54, 1.807) is 34.9 Å². The summed E-state index contributed by atoms with van der Waals surface area (Å²) in [7, 11) is 3.23. The maximum atomic E-state index is 15.0. The number of amides is 1. The average Bonchev–Trinajstić information content (AvgIpc) is 3.18. The van der Waals surface area contributed by atoms with Gasteiger partial charge in [-0.25, -0.2) is 18.6 Å². The Morgan fingerprint density at radius 3 is 2.46 bits per heavy atom. The molecule has 2 aromatic rings. The molecule has 6 nitrogen and oxygen atoms in total. The minimum absolute atomic E-state index is 0.0276. The Balaban J connectivity index is 1.86. The number of aryl methyl sites for hydroxylation is 1. The van der Waals surface area contributed by atoms with Gasteiger partial charge in [0.25, 0.3) is 0 Å². The fraction of sp³-hybridized carbons (Fsp3) is 0.550. The van der Waals surface area contributed by atoms with Crippen LogP contribution in [0.2, 0.25) is 0 Å². The molecule has 28 heavy (non-hydrogen) atoms. The fourth-order valence-corrected chi connectivity index (χ4v) is 3.54. The molecule has 1 unspecified atom stereocenters. The second-order valence-electron chi connectivity index (χ2n) is 8.33. The Bertz CT molecular complexity index is 947. The molecule has 0 spiro atoms. The van der Waals surface area contributed by atoms with Crippen molar-refractivity contribution >= 4 is 23.4 Å². The standard InChI is InChI=1S/C20H25F2N3O3/c1-20(2,3)28-19(27)24(4)7-6-14-23-17-15(21)12-8-11(10-26)9-13(12)16(22)18(17)25(14)5/h10-11H,6-9H2,1-5H3. The molecule has 1 aliphatic rings. The molecule has 1 amide bonds. The number of fused-ring (bicyclic) bond motifs is 2. The lowest BCUT2D eigenvalue weighted by molar-refractivity contribution is -0.110. The summed E-state index contributed by atoms with van der Waals surface area (Å²) in [5, 5.41) is 0. The van der Waals surface area contributed by atoms with Gasteiger partial charge in [0.1, 0.15) is 28.7 Å². The number of nitrogens with zero attached hydrogens (tertiary/aromatic N) is 3. The normalized spacial score (nSPS) is 16.3. The van der Waals surface area contributed by atoms with Crippen LogP contribution in [0.5, 0.6) is 0 Å². The molecule has 1 aromatic heterocycles. The number of carbonyl (C=O) groups excluding carboxylic acids is 2. The second-order valence-corrected chi connectivity index (χ2v) is 8.33. The molecule has 8 heteroatoms. The number of ether oxygens (including phenoxy) is 1. The first-order valence-corrected chi connectivity index (χ1v) is 9.27. The number of hydrogen-bond donors (Lipinski definition) is 0. The van der Waals surface area contributed by atoms with Crippen LogP contribution in [-0.2, 0) is 35.8 Å². The number of carbonyl (C=O) groups is 2. The number of hydrogen-bond acceptors (Lipinski definition) is 4. The van der Waals surface area contributed by atoms with Crippen LogP contribution in [-0.4, -0.2) is 46.0 Å². The number of aromatic nitrogens is 2. The lowest BCUT2D eigenvalue weighted by Gasteiger charge is -2.24. The third-order valence-corrected chi connectivity index (χ3v) is 5.00. The Morgan fingerprint density at radius 2 is 1.89 bits per heavy atom. The summed E-state index contributed by atoms with van der Waals surface area (Å²) in [4.78, 5) is 28.8. The van der Waals surface area contributed by atoms with Gasteiger partial charge in [-0.05, 0) is 44.7 Å². The summed E-state index contributed by atoms with van der Waals surface area (Å²) in [6, 6.07) is 0. The van der Waals surface area contributed by atoms with Crippen molar-refractivity contribution in [1.82, 2.24) is 14.5 Å². The lowest BCUT2D eigenvalue weighted by Crippen LogP contribution is -2.35. The van der Waals surface area contributed by atoms with Gasteiger partial charge < -0.3 is 19.0 Å². The van der Waals surface area contributed by atoms with Crippen LogP contribution in [0.4, 0.5) is 13.6 Å². The molecule has 0 saturated carbocycles. The molecule has 0 N–H and O–H groups in total. The largest absolute Gasteiger partial charge is 0.444 e. The van der Waals surface area contributed by atoms with Crippen LogP contribution in [0.3, 0.4) is 0 Å². The highest BCUT2D eigenvalue weighted by Crippen LogP contribution is 2.36. The van der Waals surface area contributed by atoms with Gasteiger partial charge in [-0.2, -0.15) is 0 Å². The highest BCUT2D eigenvalue weighted by molar-refractivity contribution is 5.81. The van der Waals surface area contributed by atoms with Crippen molar-refractivity contribution in [2.75, 3.05) is 13.6 Å². The number of aldehydes is 1. The summed E-state index contributed by atoms with van der Waals surface area (Å²) in [5.41, 5.74) is -0.0202. The van der Waals surface area contributed by atoms with Crippen LogP contribution in [0.25, 0.3) is 11.0 Å². The van der Waals surface area contributed by atoms with Gasteiger partial charge in [0.2, 0.25) is 0 Å². The first kappa shape index (κ1) is 20.2. The number of halogens is 2. The van der Waals surface area contributed by atoms with Crippen molar-refractivity contribution in [1.29, 1.82) is 0 Å². The predicted octanol–water partition coefficient (Wildman–Crippen LogP) is 3.17. The maximum Gasteiger partial charge on any atom is 0.410 e. The smallest absolute Gasteiger partial charge is 0.410 e. The van der Waals surface area contributed by atoms with E-state index >= 15 is 4.39 Å². The van der Waals surface area contributed by atoms with E-state index in [0.717, 1.165) is 6.29 Å². The van der Waals surface area contributed by atoms with Crippen LogP contribution >= 0.6 is 0 Å².